The second kappa shape index (κ2) is 5.29. The van der Waals surface area contributed by atoms with E-state index in [9.17, 15) is 0 Å². The molecule has 0 amide bonds. The molecule has 3 nitrogen and oxygen atoms in total. The highest BCUT2D eigenvalue weighted by Crippen LogP contribution is 2.30. The first-order chi connectivity index (χ1) is 8.83. The van der Waals surface area contributed by atoms with Crippen LogP contribution in [-0.2, 0) is 12.8 Å². The molecule has 1 aromatic carbocycles. The second-order valence-electron chi connectivity index (χ2n) is 5.34. The number of ether oxygens (including phenoxy) is 1. The molecule has 3 rings (SSSR count). The van der Waals surface area contributed by atoms with Crippen LogP contribution in [0.3, 0.4) is 0 Å². The third-order valence-corrected chi connectivity index (χ3v) is 3.96. The van der Waals surface area contributed by atoms with Crippen molar-refractivity contribution < 1.29 is 4.74 Å². The maximum Gasteiger partial charge on any atom is 0.125 e. The summed E-state index contributed by atoms with van der Waals surface area (Å²) in [6, 6.07) is 4.64. The van der Waals surface area contributed by atoms with E-state index >= 15 is 0 Å². The average molecular weight is 246 g/mol. The molecule has 1 saturated heterocycles. The third-order valence-electron chi connectivity index (χ3n) is 3.96. The van der Waals surface area contributed by atoms with Crippen molar-refractivity contribution in [3.63, 3.8) is 0 Å². The number of piperazine rings is 1. The standard InChI is InChI=1S/C15H22N2O/c1-12-10-13(11-14-3-9-18-15(12)14)2-6-17-7-4-16-5-8-17/h10-11,16H,2-9H2,1H3. The zero-order valence-electron chi connectivity index (χ0n) is 11.2. The van der Waals surface area contributed by atoms with Crippen LogP contribution >= 0.6 is 0 Å². The molecule has 1 N–H and O–H groups in total. The van der Waals surface area contributed by atoms with Crippen molar-refractivity contribution in [3.05, 3.63) is 28.8 Å². The van der Waals surface area contributed by atoms with Crippen LogP contribution in [0.15, 0.2) is 12.1 Å². The van der Waals surface area contributed by atoms with Crippen LogP contribution in [0.1, 0.15) is 16.7 Å². The lowest BCUT2D eigenvalue weighted by atomic mass is 10.0. The number of nitrogens with zero attached hydrogens (tertiary/aromatic N) is 1. The van der Waals surface area contributed by atoms with Gasteiger partial charge in [0.05, 0.1) is 6.61 Å². The van der Waals surface area contributed by atoms with Gasteiger partial charge >= 0.3 is 0 Å². The fourth-order valence-electron chi connectivity index (χ4n) is 2.95. The van der Waals surface area contributed by atoms with Crippen LogP contribution in [-0.4, -0.2) is 44.2 Å². The summed E-state index contributed by atoms with van der Waals surface area (Å²) in [5, 5.41) is 3.40. The molecule has 3 heteroatoms. The molecule has 1 aromatic rings. The summed E-state index contributed by atoms with van der Waals surface area (Å²) in [5.41, 5.74) is 4.18. The smallest absolute Gasteiger partial charge is 0.125 e. The van der Waals surface area contributed by atoms with Gasteiger partial charge in [0.1, 0.15) is 5.75 Å². The van der Waals surface area contributed by atoms with E-state index in [0.29, 0.717) is 0 Å². The van der Waals surface area contributed by atoms with E-state index in [2.05, 4.69) is 29.3 Å². The molecule has 0 atom stereocenters. The largest absolute Gasteiger partial charge is 0.493 e. The van der Waals surface area contributed by atoms with Crippen molar-refractivity contribution in [3.8, 4) is 5.75 Å². The van der Waals surface area contributed by atoms with Crippen molar-refractivity contribution >= 4 is 0 Å². The van der Waals surface area contributed by atoms with E-state index in [1.165, 1.54) is 36.3 Å². The minimum Gasteiger partial charge on any atom is -0.493 e. The maximum absolute atomic E-state index is 5.66. The van der Waals surface area contributed by atoms with Crippen molar-refractivity contribution in [2.45, 2.75) is 19.8 Å². The van der Waals surface area contributed by atoms with Crippen LogP contribution in [0.5, 0.6) is 5.75 Å². The van der Waals surface area contributed by atoms with E-state index < -0.39 is 0 Å². The Morgan fingerprint density at radius 1 is 1.28 bits per heavy atom. The van der Waals surface area contributed by atoms with Crippen LogP contribution in [0.2, 0.25) is 0 Å². The minimum absolute atomic E-state index is 0.859. The van der Waals surface area contributed by atoms with E-state index in [1.54, 1.807) is 0 Å². The zero-order valence-corrected chi connectivity index (χ0v) is 11.2. The predicted octanol–water partition coefficient (Wildman–Crippen LogP) is 1.38. The van der Waals surface area contributed by atoms with E-state index in [4.69, 9.17) is 4.74 Å². The Labute approximate surface area is 109 Å². The molecule has 98 valence electrons. The second-order valence-corrected chi connectivity index (χ2v) is 5.34. The molecular weight excluding hydrogens is 224 g/mol. The Morgan fingerprint density at radius 2 is 2.11 bits per heavy atom. The highest BCUT2D eigenvalue weighted by molar-refractivity contribution is 5.46. The monoisotopic (exact) mass is 246 g/mol. The van der Waals surface area contributed by atoms with Crippen LogP contribution in [0, 0.1) is 6.92 Å². The molecule has 0 saturated carbocycles. The van der Waals surface area contributed by atoms with Gasteiger partial charge in [0.15, 0.2) is 0 Å². The molecule has 2 heterocycles. The molecule has 2 aliphatic heterocycles. The van der Waals surface area contributed by atoms with Gasteiger partial charge in [0.2, 0.25) is 0 Å². The Hall–Kier alpha value is -1.06. The van der Waals surface area contributed by atoms with Crippen molar-refractivity contribution in [2.24, 2.45) is 0 Å². The van der Waals surface area contributed by atoms with Gasteiger partial charge in [0.25, 0.3) is 0 Å². The average Bonchev–Trinajstić information content (AvgIpc) is 2.86. The zero-order chi connectivity index (χ0) is 12.4. The molecule has 0 bridgehead atoms. The lowest BCUT2D eigenvalue weighted by Gasteiger charge is -2.27. The Balaban J connectivity index is 1.64. The number of aryl methyl sites for hydroxylation is 1. The van der Waals surface area contributed by atoms with Crippen molar-refractivity contribution in [1.82, 2.24) is 10.2 Å². The number of hydrogen-bond acceptors (Lipinski definition) is 3. The Kier molecular flexibility index (Phi) is 3.52. The molecule has 0 radical (unpaired) electrons. The van der Waals surface area contributed by atoms with Crippen molar-refractivity contribution in [2.75, 3.05) is 39.3 Å². The summed E-state index contributed by atoms with van der Waals surface area (Å²) in [5.74, 6) is 1.14. The van der Waals surface area contributed by atoms with Gasteiger partial charge in [-0.25, -0.2) is 0 Å². The summed E-state index contributed by atoms with van der Waals surface area (Å²) >= 11 is 0. The summed E-state index contributed by atoms with van der Waals surface area (Å²) in [6.45, 7) is 8.85. The molecule has 1 fully saturated rings. The molecule has 2 aliphatic rings. The van der Waals surface area contributed by atoms with Crippen LogP contribution in [0.4, 0.5) is 0 Å². The normalized spacial score (nSPS) is 19.6. The molecule has 18 heavy (non-hydrogen) atoms. The van der Waals surface area contributed by atoms with Crippen molar-refractivity contribution in [1.29, 1.82) is 0 Å². The first kappa shape index (κ1) is 12.0. The highest BCUT2D eigenvalue weighted by Gasteiger charge is 2.16. The molecule has 0 aromatic heterocycles. The third kappa shape index (κ3) is 2.52. The van der Waals surface area contributed by atoms with Gasteiger partial charge in [-0.15, -0.1) is 0 Å². The summed E-state index contributed by atoms with van der Waals surface area (Å²) in [6.07, 6.45) is 2.24. The lowest BCUT2D eigenvalue weighted by molar-refractivity contribution is 0.244. The minimum atomic E-state index is 0.859. The van der Waals surface area contributed by atoms with E-state index in [0.717, 1.165) is 38.3 Å². The summed E-state index contributed by atoms with van der Waals surface area (Å²) in [7, 11) is 0. The van der Waals surface area contributed by atoms with Gasteiger partial charge < -0.3 is 15.0 Å². The van der Waals surface area contributed by atoms with Gasteiger partial charge in [-0.05, 0) is 30.0 Å². The number of fused-ring (bicyclic) bond motifs is 1. The van der Waals surface area contributed by atoms with Gasteiger partial charge in [0, 0.05) is 39.1 Å². The van der Waals surface area contributed by atoms with E-state index in [-0.39, 0.29) is 0 Å². The van der Waals surface area contributed by atoms with Gasteiger partial charge in [-0.3, -0.25) is 0 Å². The van der Waals surface area contributed by atoms with Crippen LogP contribution < -0.4 is 10.1 Å². The SMILES string of the molecule is Cc1cc(CCN2CCNCC2)cc2c1OCC2. The quantitative estimate of drug-likeness (QED) is 0.872. The lowest BCUT2D eigenvalue weighted by Crippen LogP contribution is -2.44. The van der Waals surface area contributed by atoms with Gasteiger partial charge in [-0.1, -0.05) is 12.1 Å². The number of hydrogen-bond donors (Lipinski definition) is 1. The predicted molar refractivity (Wildman–Crippen MR) is 73.4 cm³/mol. The summed E-state index contributed by atoms with van der Waals surface area (Å²) in [4.78, 5) is 2.55. The first-order valence-corrected chi connectivity index (χ1v) is 7.01. The first-order valence-electron chi connectivity index (χ1n) is 7.01. The molecule has 0 aliphatic carbocycles. The summed E-state index contributed by atoms with van der Waals surface area (Å²) < 4.78 is 5.66. The molecule has 0 spiro atoms. The molecular formula is C15H22N2O. The van der Waals surface area contributed by atoms with Crippen LogP contribution in [0.25, 0.3) is 0 Å². The Morgan fingerprint density at radius 3 is 2.94 bits per heavy atom. The fourth-order valence-corrected chi connectivity index (χ4v) is 2.95. The van der Waals surface area contributed by atoms with Gasteiger partial charge in [-0.2, -0.15) is 0 Å². The topological polar surface area (TPSA) is 24.5 Å². The maximum atomic E-state index is 5.66. The highest BCUT2D eigenvalue weighted by atomic mass is 16.5. The number of nitrogens with one attached hydrogen (secondary N) is 1. The number of benzene rings is 1. The molecule has 0 unspecified atom stereocenters. The fraction of sp³-hybridized carbons (Fsp3) is 0.600. The number of rotatable bonds is 3. The Bertz CT molecular complexity index is 425. The van der Waals surface area contributed by atoms with E-state index in [1.807, 2.05) is 0 Å².